The van der Waals surface area contributed by atoms with Crippen LogP contribution in [0.25, 0.3) is 0 Å². The van der Waals surface area contributed by atoms with E-state index in [0.29, 0.717) is 41.4 Å². The molecule has 6 rings (SSSR count). The molecule has 0 aromatic rings. The summed E-state index contributed by atoms with van der Waals surface area (Å²) in [7, 11) is 0. The van der Waals surface area contributed by atoms with Crippen LogP contribution in [-0.2, 0) is 14.3 Å². The fourth-order valence-corrected chi connectivity index (χ4v) is 11.9. The van der Waals surface area contributed by atoms with Crippen molar-refractivity contribution in [3.8, 4) is 0 Å². The quantitative estimate of drug-likeness (QED) is 0.224. The van der Waals surface area contributed by atoms with E-state index in [1.54, 1.807) is 0 Å². The first kappa shape index (κ1) is 33.6. The summed E-state index contributed by atoms with van der Waals surface area (Å²) in [6.45, 7) is 8.75. The average Bonchev–Trinajstić information content (AvgIpc) is 3.46. The maximum absolute atomic E-state index is 14.4. The molecule has 17 atom stereocenters. The topological polar surface area (TPSA) is 149 Å². The van der Waals surface area contributed by atoms with Gasteiger partial charge in [-0.25, -0.2) is 0 Å². The highest BCUT2D eigenvalue weighted by molar-refractivity contribution is 9.09. The van der Waals surface area contributed by atoms with Crippen molar-refractivity contribution in [1.82, 2.24) is 5.32 Å². The molecule has 4 saturated carbocycles. The Morgan fingerprint density at radius 1 is 0.977 bits per heavy atom. The summed E-state index contributed by atoms with van der Waals surface area (Å²) >= 11 is 3.59. The van der Waals surface area contributed by atoms with Gasteiger partial charge in [-0.2, -0.15) is 0 Å². The summed E-state index contributed by atoms with van der Waals surface area (Å²) in [6.07, 6.45) is 2.88. The van der Waals surface area contributed by atoms with Crippen LogP contribution in [0, 0.1) is 52.3 Å². The van der Waals surface area contributed by atoms with Gasteiger partial charge in [0, 0.05) is 11.2 Å². The predicted molar refractivity (Wildman–Crippen MR) is 167 cm³/mol. The zero-order valence-corrected chi connectivity index (χ0v) is 28.5. The van der Waals surface area contributed by atoms with Crippen LogP contribution in [-0.4, -0.2) is 91.8 Å². The van der Waals surface area contributed by atoms with Crippen LogP contribution < -0.4 is 5.32 Å². The van der Waals surface area contributed by atoms with Gasteiger partial charge in [0.2, 0.25) is 0 Å². The number of rotatable bonds is 7. The van der Waals surface area contributed by atoms with Crippen molar-refractivity contribution in [2.75, 3.05) is 11.9 Å². The minimum absolute atomic E-state index is 0.0303. The number of nitrogens with one attached hydrogen (secondary N) is 1. The molecule has 44 heavy (non-hydrogen) atoms. The van der Waals surface area contributed by atoms with E-state index in [0.717, 1.165) is 43.9 Å². The van der Waals surface area contributed by atoms with Crippen molar-refractivity contribution >= 4 is 21.8 Å². The number of ether oxygens (including phenoxy) is 2. The van der Waals surface area contributed by atoms with E-state index >= 15 is 0 Å². The molecular formula is C34H56BrNO8. The molecule has 2 saturated heterocycles. The molecule has 6 fully saturated rings. The molecule has 252 valence electrons. The number of halogens is 1. The van der Waals surface area contributed by atoms with Crippen LogP contribution >= 0.6 is 15.9 Å². The van der Waals surface area contributed by atoms with Crippen LogP contribution in [0.5, 0.6) is 0 Å². The standard InChI is InChI=1S/C34H56BrNO8/c1-17(15-35)7-12-34(31(42)36-30-29(41)28(40)27(39)25(16-37)43-30)18(2)26-24(44-34)14-23-21-6-5-19-13-20(38)8-10-32(19,3)22(21)9-11-33(23,26)4/h17-30,37-41H,5-16H2,1-4H3,(H,36,42)/t17-,18-,19+,20-,21+,22-,23-,24-,25+,26-,27+,28-,29+,30-,32-,33-,34+/m0/s1. The molecule has 0 bridgehead atoms. The van der Waals surface area contributed by atoms with E-state index in [2.05, 4.69) is 48.9 Å². The molecule has 6 aliphatic rings. The Bertz CT molecular complexity index is 1060. The molecular weight excluding hydrogens is 630 g/mol. The fourth-order valence-electron chi connectivity index (χ4n) is 11.6. The Morgan fingerprint density at radius 3 is 2.41 bits per heavy atom. The number of aliphatic hydroxyl groups excluding tert-OH is 5. The van der Waals surface area contributed by atoms with E-state index < -0.39 is 42.9 Å². The Hall–Kier alpha value is -0.330. The minimum atomic E-state index is -1.56. The van der Waals surface area contributed by atoms with Crippen molar-refractivity contribution in [1.29, 1.82) is 0 Å². The number of hydrogen-bond donors (Lipinski definition) is 6. The average molecular weight is 687 g/mol. The van der Waals surface area contributed by atoms with Crippen molar-refractivity contribution in [3.63, 3.8) is 0 Å². The normalized spacial score (nSPS) is 54.1. The molecule has 6 N–H and O–H groups in total. The number of carbonyl (C=O) groups excluding carboxylic acids is 1. The Labute approximate surface area is 271 Å². The fraction of sp³-hybridized carbons (Fsp3) is 0.971. The summed E-state index contributed by atoms with van der Waals surface area (Å²) in [5.41, 5.74) is -0.748. The van der Waals surface area contributed by atoms with Gasteiger partial charge < -0.3 is 40.3 Å². The van der Waals surface area contributed by atoms with Gasteiger partial charge in [-0.1, -0.05) is 43.6 Å². The van der Waals surface area contributed by atoms with E-state index in [1.807, 2.05) is 0 Å². The highest BCUT2D eigenvalue weighted by Crippen LogP contribution is 2.71. The van der Waals surface area contributed by atoms with Crippen molar-refractivity contribution < 1.29 is 39.8 Å². The predicted octanol–water partition coefficient (Wildman–Crippen LogP) is 3.12. The second-order valence-corrected chi connectivity index (χ2v) is 16.9. The number of carbonyl (C=O) groups is 1. The third kappa shape index (κ3) is 5.15. The third-order valence-electron chi connectivity index (χ3n) is 14.2. The van der Waals surface area contributed by atoms with Crippen molar-refractivity contribution in [2.24, 2.45) is 52.3 Å². The summed E-state index contributed by atoms with van der Waals surface area (Å²) in [4.78, 5) is 14.4. The number of aliphatic hydroxyl groups is 5. The van der Waals surface area contributed by atoms with E-state index in [4.69, 9.17) is 9.47 Å². The van der Waals surface area contributed by atoms with E-state index in [1.165, 1.54) is 19.3 Å². The first-order valence-corrected chi connectivity index (χ1v) is 18.5. The Morgan fingerprint density at radius 2 is 1.70 bits per heavy atom. The lowest BCUT2D eigenvalue weighted by Gasteiger charge is -2.61. The van der Waals surface area contributed by atoms with Crippen molar-refractivity contribution in [3.05, 3.63) is 0 Å². The van der Waals surface area contributed by atoms with Crippen LogP contribution in [0.15, 0.2) is 0 Å². The number of alkyl halides is 1. The molecule has 2 aliphatic heterocycles. The van der Waals surface area contributed by atoms with Gasteiger partial charge in [-0.3, -0.25) is 4.79 Å². The lowest BCUT2D eigenvalue weighted by molar-refractivity contribution is -0.238. The zero-order chi connectivity index (χ0) is 31.8. The van der Waals surface area contributed by atoms with Gasteiger partial charge in [0.1, 0.15) is 30.0 Å². The van der Waals surface area contributed by atoms with Gasteiger partial charge >= 0.3 is 0 Å². The molecule has 0 aromatic carbocycles. The largest absolute Gasteiger partial charge is 0.394 e. The Balaban J connectivity index is 1.24. The van der Waals surface area contributed by atoms with Gasteiger partial charge in [0.15, 0.2) is 6.23 Å². The van der Waals surface area contributed by atoms with Crippen LogP contribution in [0.2, 0.25) is 0 Å². The highest BCUT2D eigenvalue weighted by Gasteiger charge is 2.70. The first-order valence-electron chi connectivity index (χ1n) is 17.3. The number of amides is 1. The smallest absolute Gasteiger partial charge is 0.254 e. The molecule has 1 amide bonds. The van der Waals surface area contributed by atoms with Gasteiger partial charge in [0.05, 0.1) is 18.8 Å². The Kier molecular flexibility index (Phi) is 9.37. The van der Waals surface area contributed by atoms with E-state index in [9.17, 15) is 30.3 Å². The number of fused-ring (bicyclic) bond motifs is 7. The molecule has 0 radical (unpaired) electrons. The summed E-state index contributed by atoms with van der Waals surface area (Å²) in [5, 5.41) is 55.1. The van der Waals surface area contributed by atoms with Crippen LogP contribution in [0.4, 0.5) is 0 Å². The maximum Gasteiger partial charge on any atom is 0.254 e. The first-order chi connectivity index (χ1) is 20.8. The lowest BCUT2D eigenvalue weighted by Crippen LogP contribution is -2.65. The molecule has 4 aliphatic carbocycles. The van der Waals surface area contributed by atoms with Crippen LogP contribution in [0.1, 0.15) is 91.9 Å². The second kappa shape index (κ2) is 12.3. The maximum atomic E-state index is 14.4. The molecule has 10 heteroatoms. The van der Waals surface area contributed by atoms with Gasteiger partial charge in [0.25, 0.3) is 5.91 Å². The monoisotopic (exact) mass is 685 g/mol. The minimum Gasteiger partial charge on any atom is -0.394 e. The molecule has 0 spiro atoms. The third-order valence-corrected chi connectivity index (χ3v) is 15.3. The SMILES string of the molecule is C[C@H](CBr)CC[C@@]1(C(=O)N[C@H]2O[C@H](CO)[C@@H](O)[C@H](O)[C@H]2O)O[C@H]2C[C@H]3[C@@H]4CC[C@@H]5C[C@@H](O)CC[C@]5(C)[C@H]4CC[C@]3(C)[C@H]2[C@@H]1C. The van der Waals surface area contributed by atoms with Crippen LogP contribution in [0.3, 0.4) is 0 Å². The zero-order valence-electron chi connectivity index (χ0n) is 26.9. The summed E-state index contributed by atoms with van der Waals surface area (Å²) in [5.74, 6) is 2.65. The van der Waals surface area contributed by atoms with Gasteiger partial charge in [-0.15, -0.1) is 0 Å². The van der Waals surface area contributed by atoms with Crippen molar-refractivity contribution in [2.45, 2.75) is 140 Å². The lowest BCUT2D eigenvalue weighted by atomic mass is 9.44. The highest BCUT2D eigenvalue weighted by atomic mass is 79.9. The molecule has 0 aromatic heterocycles. The molecule has 2 heterocycles. The number of hydrogen-bond acceptors (Lipinski definition) is 8. The second-order valence-electron chi connectivity index (χ2n) is 16.2. The summed E-state index contributed by atoms with van der Waals surface area (Å²) in [6, 6.07) is 0. The van der Waals surface area contributed by atoms with Gasteiger partial charge in [-0.05, 0) is 111 Å². The molecule has 0 unspecified atom stereocenters. The molecule has 9 nitrogen and oxygen atoms in total. The van der Waals surface area contributed by atoms with E-state index in [-0.39, 0.29) is 35.4 Å². The summed E-state index contributed by atoms with van der Waals surface area (Å²) < 4.78 is 12.7.